The molecule has 2 amide bonds. The average Bonchev–Trinajstić information content (AvgIpc) is 2.75. The predicted octanol–water partition coefficient (Wildman–Crippen LogP) is 3.83. The molecule has 0 spiro atoms. The Labute approximate surface area is 178 Å². The molecule has 0 aliphatic carbocycles. The number of benzene rings is 3. The Morgan fingerprint density at radius 1 is 1.00 bits per heavy atom. The molecule has 0 atom stereocenters. The fourth-order valence-electron chi connectivity index (χ4n) is 2.44. The number of amides is 2. The number of carbonyl (C=O) groups excluding carboxylic acids is 2. The molecule has 0 aliphatic heterocycles. The van der Waals surface area contributed by atoms with Crippen LogP contribution in [0.1, 0.15) is 15.9 Å². The third kappa shape index (κ3) is 5.83. The lowest BCUT2D eigenvalue weighted by molar-refractivity contribution is -0.118. The van der Waals surface area contributed by atoms with Gasteiger partial charge in [-0.2, -0.15) is 5.10 Å². The number of hydrazone groups is 1. The maximum Gasteiger partial charge on any atom is 0.275 e. The molecule has 0 aromatic heterocycles. The van der Waals surface area contributed by atoms with Crippen LogP contribution in [0.4, 0.5) is 5.69 Å². The van der Waals surface area contributed by atoms with E-state index in [0.717, 1.165) is 0 Å². The van der Waals surface area contributed by atoms with Crippen LogP contribution in [0.15, 0.2) is 77.9 Å². The number of halogens is 1. The molecule has 30 heavy (non-hydrogen) atoms. The molecule has 0 radical (unpaired) electrons. The van der Waals surface area contributed by atoms with Gasteiger partial charge in [-0.15, -0.1) is 0 Å². The first-order chi connectivity index (χ1) is 14.5. The molecule has 7 nitrogen and oxygen atoms in total. The molecular weight excluding hydrogens is 406 g/mol. The van der Waals surface area contributed by atoms with E-state index in [9.17, 15) is 14.7 Å². The van der Waals surface area contributed by atoms with Crippen LogP contribution < -0.4 is 15.5 Å². The first-order valence-electron chi connectivity index (χ1n) is 8.91. The van der Waals surface area contributed by atoms with Crippen LogP contribution in [0.2, 0.25) is 5.02 Å². The quantitative estimate of drug-likeness (QED) is 0.397. The molecule has 152 valence electrons. The Morgan fingerprint density at radius 2 is 1.70 bits per heavy atom. The molecule has 0 bridgehead atoms. The standard InChI is InChI=1S/C22H18ClN3O4/c23-18-6-2-3-7-19(18)25-21(28)14-30-16-11-9-15(10-12-16)13-24-26-22(29)17-5-1-4-8-20(17)27/h1-13,27H,14H2,(H,25,28)(H,26,29)/b24-13-. The minimum absolute atomic E-state index is 0.120. The molecule has 0 aliphatic rings. The van der Waals surface area contributed by atoms with Gasteiger partial charge in [0.2, 0.25) is 0 Å². The number of para-hydroxylation sites is 2. The summed E-state index contributed by atoms with van der Waals surface area (Å²) in [7, 11) is 0. The Hall–Kier alpha value is -3.84. The third-order valence-corrected chi connectivity index (χ3v) is 4.26. The first-order valence-corrected chi connectivity index (χ1v) is 9.29. The van der Waals surface area contributed by atoms with Crippen LogP contribution in [-0.2, 0) is 4.79 Å². The number of phenols is 1. The van der Waals surface area contributed by atoms with Gasteiger partial charge >= 0.3 is 0 Å². The van der Waals surface area contributed by atoms with Gasteiger partial charge in [0.25, 0.3) is 11.8 Å². The summed E-state index contributed by atoms with van der Waals surface area (Å²) in [5.41, 5.74) is 3.71. The van der Waals surface area contributed by atoms with Gasteiger partial charge in [-0.25, -0.2) is 5.43 Å². The lowest BCUT2D eigenvalue weighted by atomic mass is 10.2. The Kier molecular flexibility index (Phi) is 7.02. The highest BCUT2D eigenvalue weighted by Crippen LogP contribution is 2.20. The number of aromatic hydroxyl groups is 1. The van der Waals surface area contributed by atoms with E-state index in [1.807, 2.05) is 0 Å². The molecule has 0 heterocycles. The van der Waals surface area contributed by atoms with Gasteiger partial charge in [-0.3, -0.25) is 9.59 Å². The number of anilines is 1. The molecule has 3 rings (SSSR count). The highest BCUT2D eigenvalue weighted by atomic mass is 35.5. The van der Waals surface area contributed by atoms with Gasteiger partial charge in [0.1, 0.15) is 11.5 Å². The van der Waals surface area contributed by atoms with Crippen molar-refractivity contribution >= 4 is 35.3 Å². The second-order valence-electron chi connectivity index (χ2n) is 6.10. The fraction of sp³-hybridized carbons (Fsp3) is 0.0455. The second-order valence-corrected chi connectivity index (χ2v) is 6.51. The van der Waals surface area contributed by atoms with Crippen LogP contribution in [0, 0.1) is 0 Å². The summed E-state index contributed by atoms with van der Waals surface area (Å²) in [6, 6.07) is 19.9. The van der Waals surface area contributed by atoms with E-state index in [-0.39, 0.29) is 23.8 Å². The number of hydrogen-bond donors (Lipinski definition) is 3. The first kappa shape index (κ1) is 20.9. The van der Waals surface area contributed by atoms with Crippen molar-refractivity contribution in [3.63, 3.8) is 0 Å². The Balaban J connectivity index is 1.48. The SMILES string of the molecule is O=C(COc1ccc(/C=N\NC(=O)c2ccccc2O)cc1)Nc1ccccc1Cl. The zero-order chi connectivity index (χ0) is 21.3. The lowest BCUT2D eigenvalue weighted by Crippen LogP contribution is -2.20. The summed E-state index contributed by atoms with van der Waals surface area (Å²) in [5.74, 6) is -0.473. The van der Waals surface area contributed by atoms with E-state index in [1.165, 1.54) is 18.3 Å². The number of carbonyl (C=O) groups is 2. The summed E-state index contributed by atoms with van der Waals surface area (Å²) < 4.78 is 5.45. The lowest BCUT2D eigenvalue weighted by Gasteiger charge is -2.08. The Bertz CT molecular complexity index is 1070. The normalized spacial score (nSPS) is 10.6. The van der Waals surface area contributed by atoms with E-state index in [2.05, 4.69) is 15.8 Å². The van der Waals surface area contributed by atoms with Crippen LogP contribution in [0.5, 0.6) is 11.5 Å². The number of rotatable bonds is 7. The van der Waals surface area contributed by atoms with Crippen molar-refractivity contribution in [2.24, 2.45) is 5.10 Å². The number of nitrogens with zero attached hydrogens (tertiary/aromatic N) is 1. The van der Waals surface area contributed by atoms with E-state index < -0.39 is 5.91 Å². The van der Waals surface area contributed by atoms with Crippen molar-refractivity contribution in [3.05, 3.63) is 88.9 Å². The zero-order valence-electron chi connectivity index (χ0n) is 15.7. The number of nitrogens with one attached hydrogen (secondary N) is 2. The van der Waals surface area contributed by atoms with Crippen LogP contribution in [0.3, 0.4) is 0 Å². The maximum absolute atomic E-state index is 12.0. The molecule has 8 heteroatoms. The third-order valence-electron chi connectivity index (χ3n) is 3.93. The van der Waals surface area contributed by atoms with Gasteiger partial charge in [0.05, 0.1) is 22.5 Å². The largest absolute Gasteiger partial charge is 0.507 e. The van der Waals surface area contributed by atoms with E-state index in [0.29, 0.717) is 22.0 Å². The van der Waals surface area contributed by atoms with E-state index >= 15 is 0 Å². The van der Waals surface area contributed by atoms with Crippen LogP contribution >= 0.6 is 11.6 Å². The highest BCUT2D eigenvalue weighted by Gasteiger charge is 2.09. The summed E-state index contributed by atoms with van der Waals surface area (Å²) in [6.45, 7) is -0.171. The summed E-state index contributed by atoms with van der Waals surface area (Å²) >= 11 is 6.00. The summed E-state index contributed by atoms with van der Waals surface area (Å²) in [6.07, 6.45) is 1.45. The average molecular weight is 424 g/mol. The van der Waals surface area contributed by atoms with Crippen molar-refractivity contribution in [2.75, 3.05) is 11.9 Å². The van der Waals surface area contributed by atoms with Crippen LogP contribution in [-0.4, -0.2) is 29.7 Å². The highest BCUT2D eigenvalue weighted by molar-refractivity contribution is 6.33. The van der Waals surface area contributed by atoms with Crippen molar-refractivity contribution in [3.8, 4) is 11.5 Å². The monoisotopic (exact) mass is 423 g/mol. The molecule has 0 fully saturated rings. The topological polar surface area (TPSA) is 100 Å². The minimum atomic E-state index is -0.520. The van der Waals surface area contributed by atoms with Gasteiger partial charge < -0.3 is 15.2 Å². The maximum atomic E-state index is 12.0. The number of phenolic OH excluding ortho intramolecular Hbond substituents is 1. The van der Waals surface area contributed by atoms with E-state index in [4.69, 9.17) is 16.3 Å². The molecule has 0 saturated carbocycles. The molecular formula is C22H18ClN3O4. The molecule has 0 saturated heterocycles. The van der Waals surface area contributed by atoms with Crippen molar-refractivity contribution < 1.29 is 19.4 Å². The van der Waals surface area contributed by atoms with E-state index in [1.54, 1.807) is 60.7 Å². The minimum Gasteiger partial charge on any atom is -0.507 e. The molecule has 3 aromatic carbocycles. The number of ether oxygens (including phenoxy) is 1. The van der Waals surface area contributed by atoms with Gasteiger partial charge in [-0.1, -0.05) is 35.9 Å². The molecule has 0 unspecified atom stereocenters. The fourth-order valence-corrected chi connectivity index (χ4v) is 2.62. The second kappa shape index (κ2) is 10.1. The molecule has 3 N–H and O–H groups in total. The zero-order valence-corrected chi connectivity index (χ0v) is 16.5. The van der Waals surface area contributed by atoms with Gasteiger partial charge in [-0.05, 0) is 54.1 Å². The van der Waals surface area contributed by atoms with Crippen molar-refractivity contribution in [1.82, 2.24) is 5.43 Å². The summed E-state index contributed by atoms with van der Waals surface area (Å²) in [5, 5.41) is 16.6. The van der Waals surface area contributed by atoms with Crippen molar-refractivity contribution in [2.45, 2.75) is 0 Å². The van der Waals surface area contributed by atoms with Crippen molar-refractivity contribution in [1.29, 1.82) is 0 Å². The Morgan fingerprint density at radius 3 is 2.43 bits per heavy atom. The summed E-state index contributed by atoms with van der Waals surface area (Å²) in [4.78, 5) is 23.9. The number of hydrogen-bond acceptors (Lipinski definition) is 5. The van der Waals surface area contributed by atoms with Gasteiger partial charge in [0.15, 0.2) is 6.61 Å². The van der Waals surface area contributed by atoms with Gasteiger partial charge in [0, 0.05) is 0 Å². The predicted molar refractivity (Wildman–Crippen MR) is 115 cm³/mol. The smallest absolute Gasteiger partial charge is 0.275 e. The van der Waals surface area contributed by atoms with Crippen LogP contribution in [0.25, 0.3) is 0 Å². The molecule has 3 aromatic rings.